The van der Waals surface area contributed by atoms with E-state index in [2.05, 4.69) is 30.1 Å². The minimum atomic E-state index is -0.240. The van der Waals surface area contributed by atoms with E-state index in [1.54, 1.807) is 0 Å². The average molecular weight is 235 g/mol. The van der Waals surface area contributed by atoms with Crippen LogP contribution in [0.2, 0.25) is 0 Å². The Balaban J connectivity index is 2.16. The van der Waals surface area contributed by atoms with E-state index in [-0.39, 0.29) is 17.5 Å². The number of carbonyl (C=O) groups is 1. The first kappa shape index (κ1) is 12.4. The molecule has 1 amide bonds. The van der Waals surface area contributed by atoms with Crippen LogP contribution in [0.3, 0.4) is 0 Å². The quantitative estimate of drug-likeness (QED) is 0.787. The predicted octanol–water partition coefficient (Wildman–Crippen LogP) is 1.42. The van der Waals surface area contributed by atoms with Crippen molar-refractivity contribution in [2.45, 2.75) is 63.6 Å². The third-order valence-electron chi connectivity index (χ3n) is 3.82. The molecule has 0 radical (unpaired) electrons. The normalized spacial score (nSPS) is 29.9. The van der Waals surface area contributed by atoms with Crippen molar-refractivity contribution in [1.29, 1.82) is 5.26 Å². The van der Waals surface area contributed by atoms with Gasteiger partial charge in [-0.05, 0) is 26.7 Å². The van der Waals surface area contributed by atoms with Crippen LogP contribution in [0.4, 0.5) is 0 Å². The highest BCUT2D eigenvalue weighted by atomic mass is 16.2. The van der Waals surface area contributed by atoms with Gasteiger partial charge in [0.1, 0.15) is 6.04 Å². The molecule has 2 rings (SSSR count). The number of nitriles is 1. The van der Waals surface area contributed by atoms with Crippen LogP contribution >= 0.6 is 0 Å². The third kappa shape index (κ3) is 2.61. The molecule has 1 N–H and O–H groups in total. The number of piperazine rings is 1. The van der Waals surface area contributed by atoms with Crippen LogP contribution in [0.1, 0.15) is 46.0 Å². The first-order chi connectivity index (χ1) is 8.03. The van der Waals surface area contributed by atoms with Gasteiger partial charge in [0.05, 0.1) is 12.5 Å². The maximum absolute atomic E-state index is 12.1. The van der Waals surface area contributed by atoms with Gasteiger partial charge in [0, 0.05) is 18.1 Å². The second kappa shape index (κ2) is 4.66. The standard InChI is InChI=1S/C13H21N3O/c1-13(2)9-16(10-5-3-4-6-10)11(7-8-14)12(17)15-13/h10-11H,3-7,9H2,1-2H3,(H,15,17). The Bertz CT molecular complexity index is 339. The lowest BCUT2D eigenvalue weighted by atomic mass is 9.94. The molecule has 17 heavy (non-hydrogen) atoms. The zero-order chi connectivity index (χ0) is 12.5. The molecule has 0 bridgehead atoms. The van der Waals surface area contributed by atoms with Crippen molar-refractivity contribution in [2.24, 2.45) is 0 Å². The number of amides is 1. The van der Waals surface area contributed by atoms with Gasteiger partial charge in [0.15, 0.2) is 0 Å². The molecule has 2 aliphatic rings. The molecular weight excluding hydrogens is 214 g/mol. The van der Waals surface area contributed by atoms with Gasteiger partial charge in [0.25, 0.3) is 0 Å². The summed E-state index contributed by atoms with van der Waals surface area (Å²) in [7, 11) is 0. The van der Waals surface area contributed by atoms with Crippen LogP contribution in [-0.2, 0) is 4.79 Å². The highest BCUT2D eigenvalue weighted by Crippen LogP contribution is 2.29. The van der Waals surface area contributed by atoms with E-state index in [9.17, 15) is 4.79 Å². The Morgan fingerprint density at radius 2 is 2.12 bits per heavy atom. The Morgan fingerprint density at radius 1 is 1.47 bits per heavy atom. The van der Waals surface area contributed by atoms with Gasteiger partial charge in [-0.3, -0.25) is 9.69 Å². The van der Waals surface area contributed by atoms with Crippen LogP contribution in [0.5, 0.6) is 0 Å². The molecule has 1 atom stereocenters. The molecule has 4 heteroatoms. The molecule has 1 aliphatic carbocycles. The number of rotatable bonds is 2. The average Bonchev–Trinajstić information content (AvgIpc) is 2.74. The van der Waals surface area contributed by atoms with Crippen LogP contribution in [0, 0.1) is 11.3 Å². The summed E-state index contributed by atoms with van der Waals surface area (Å²) in [4.78, 5) is 14.3. The van der Waals surface area contributed by atoms with Crippen molar-refractivity contribution in [3.63, 3.8) is 0 Å². The summed E-state index contributed by atoms with van der Waals surface area (Å²) < 4.78 is 0. The SMILES string of the molecule is CC1(C)CN(C2CCCC2)C(CC#N)C(=O)N1. The lowest BCUT2D eigenvalue weighted by Crippen LogP contribution is -2.66. The van der Waals surface area contributed by atoms with E-state index < -0.39 is 0 Å². The minimum Gasteiger partial charge on any atom is -0.349 e. The first-order valence-corrected chi connectivity index (χ1v) is 6.48. The zero-order valence-corrected chi connectivity index (χ0v) is 10.7. The molecule has 0 aromatic heterocycles. The lowest BCUT2D eigenvalue weighted by Gasteiger charge is -2.45. The van der Waals surface area contributed by atoms with Crippen LogP contribution < -0.4 is 5.32 Å². The van der Waals surface area contributed by atoms with E-state index in [0.29, 0.717) is 12.5 Å². The summed E-state index contributed by atoms with van der Waals surface area (Å²) in [6.45, 7) is 4.96. The van der Waals surface area contributed by atoms with Gasteiger partial charge in [-0.15, -0.1) is 0 Å². The fourth-order valence-corrected chi connectivity index (χ4v) is 3.09. The first-order valence-electron chi connectivity index (χ1n) is 6.48. The van der Waals surface area contributed by atoms with E-state index in [4.69, 9.17) is 5.26 Å². The monoisotopic (exact) mass is 235 g/mol. The molecular formula is C13H21N3O. The van der Waals surface area contributed by atoms with Crippen molar-refractivity contribution in [3.8, 4) is 6.07 Å². The van der Waals surface area contributed by atoms with Crippen LogP contribution in [0.15, 0.2) is 0 Å². The molecule has 0 aromatic carbocycles. The second-order valence-electron chi connectivity index (χ2n) is 5.86. The fourth-order valence-electron chi connectivity index (χ4n) is 3.09. The van der Waals surface area contributed by atoms with Gasteiger partial charge in [-0.25, -0.2) is 0 Å². The van der Waals surface area contributed by atoms with E-state index in [1.165, 1.54) is 25.7 Å². The summed E-state index contributed by atoms with van der Waals surface area (Å²) >= 11 is 0. The highest BCUT2D eigenvalue weighted by molar-refractivity contribution is 5.83. The van der Waals surface area contributed by atoms with Crippen molar-refractivity contribution in [1.82, 2.24) is 10.2 Å². The third-order valence-corrected chi connectivity index (χ3v) is 3.82. The zero-order valence-electron chi connectivity index (χ0n) is 10.7. The number of hydrogen-bond acceptors (Lipinski definition) is 3. The second-order valence-corrected chi connectivity index (χ2v) is 5.86. The molecule has 1 aliphatic heterocycles. The molecule has 2 fully saturated rings. The molecule has 1 saturated carbocycles. The Kier molecular flexibility index (Phi) is 3.39. The smallest absolute Gasteiger partial charge is 0.238 e. The van der Waals surface area contributed by atoms with Gasteiger partial charge >= 0.3 is 0 Å². The van der Waals surface area contributed by atoms with E-state index >= 15 is 0 Å². The Labute approximate surface area is 103 Å². The molecule has 1 unspecified atom stereocenters. The van der Waals surface area contributed by atoms with Crippen molar-refractivity contribution >= 4 is 5.91 Å². The molecule has 94 valence electrons. The number of nitrogens with one attached hydrogen (secondary N) is 1. The largest absolute Gasteiger partial charge is 0.349 e. The number of nitrogens with zero attached hydrogens (tertiary/aromatic N) is 2. The molecule has 0 spiro atoms. The summed E-state index contributed by atoms with van der Waals surface area (Å²) in [5.74, 6) is 0.0229. The van der Waals surface area contributed by atoms with Gasteiger partial charge in [0.2, 0.25) is 5.91 Å². The molecule has 0 aromatic rings. The van der Waals surface area contributed by atoms with E-state index in [1.807, 2.05) is 0 Å². The minimum absolute atomic E-state index is 0.0229. The molecule has 1 saturated heterocycles. The molecule has 1 heterocycles. The summed E-state index contributed by atoms with van der Waals surface area (Å²) in [5.41, 5.74) is -0.175. The number of carbonyl (C=O) groups excluding carboxylic acids is 1. The van der Waals surface area contributed by atoms with Crippen LogP contribution in [-0.4, -0.2) is 35.0 Å². The summed E-state index contributed by atoms with van der Waals surface area (Å²) in [6.07, 6.45) is 5.15. The maximum Gasteiger partial charge on any atom is 0.238 e. The van der Waals surface area contributed by atoms with Crippen molar-refractivity contribution in [2.75, 3.05) is 6.54 Å². The Morgan fingerprint density at radius 3 is 2.71 bits per heavy atom. The lowest BCUT2D eigenvalue weighted by molar-refractivity contribution is -0.134. The van der Waals surface area contributed by atoms with E-state index in [0.717, 1.165) is 6.54 Å². The fraction of sp³-hybridized carbons (Fsp3) is 0.846. The summed E-state index contributed by atoms with van der Waals surface area (Å²) in [6, 6.07) is 2.41. The maximum atomic E-state index is 12.1. The van der Waals surface area contributed by atoms with Gasteiger partial charge in [-0.2, -0.15) is 5.26 Å². The van der Waals surface area contributed by atoms with Gasteiger partial charge < -0.3 is 5.32 Å². The predicted molar refractivity (Wildman–Crippen MR) is 65.2 cm³/mol. The van der Waals surface area contributed by atoms with Gasteiger partial charge in [-0.1, -0.05) is 12.8 Å². The topological polar surface area (TPSA) is 56.1 Å². The number of hydrogen-bond donors (Lipinski definition) is 1. The van der Waals surface area contributed by atoms with Crippen LogP contribution in [0.25, 0.3) is 0 Å². The van der Waals surface area contributed by atoms with Crippen molar-refractivity contribution in [3.05, 3.63) is 0 Å². The highest BCUT2D eigenvalue weighted by Gasteiger charge is 2.41. The summed E-state index contributed by atoms with van der Waals surface area (Å²) in [5, 5.41) is 11.9. The molecule has 4 nitrogen and oxygen atoms in total. The Hall–Kier alpha value is -1.08. The van der Waals surface area contributed by atoms with Crippen molar-refractivity contribution < 1.29 is 4.79 Å².